The predicted molar refractivity (Wildman–Crippen MR) is 121 cm³/mol. The molecule has 0 aromatic heterocycles. The summed E-state index contributed by atoms with van der Waals surface area (Å²) < 4.78 is 5.29. The van der Waals surface area contributed by atoms with E-state index in [2.05, 4.69) is 34.6 Å². The standard InChI is InChI=1S/C24H34N4O2/c1-5-30-24(29)19-15-20(28-12-7-6-8-13-28)21(22(25)16(2)3)23(27-19)26-18-11-9-10-17(4)14-18/h9-11,14-16,23,25-27H,5-8,12-13H2,1-4H3. The number of anilines is 1. The Bertz CT molecular complexity index is 851. The van der Waals surface area contributed by atoms with Gasteiger partial charge in [-0.15, -0.1) is 0 Å². The fourth-order valence-electron chi connectivity index (χ4n) is 3.97. The molecule has 0 radical (unpaired) electrons. The summed E-state index contributed by atoms with van der Waals surface area (Å²) in [7, 11) is 0. The maximum Gasteiger partial charge on any atom is 0.354 e. The van der Waals surface area contributed by atoms with Gasteiger partial charge < -0.3 is 25.7 Å². The Labute approximate surface area is 179 Å². The summed E-state index contributed by atoms with van der Waals surface area (Å²) in [4.78, 5) is 14.9. The van der Waals surface area contributed by atoms with Crippen molar-refractivity contribution in [2.24, 2.45) is 5.92 Å². The summed E-state index contributed by atoms with van der Waals surface area (Å²) in [5, 5.41) is 15.7. The Morgan fingerprint density at radius 3 is 2.67 bits per heavy atom. The Morgan fingerprint density at radius 1 is 1.30 bits per heavy atom. The van der Waals surface area contributed by atoms with Crippen LogP contribution >= 0.6 is 0 Å². The molecule has 0 spiro atoms. The fraction of sp³-hybridized carbons (Fsp3) is 0.500. The zero-order chi connectivity index (χ0) is 21.7. The molecule has 30 heavy (non-hydrogen) atoms. The third-order valence-corrected chi connectivity index (χ3v) is 5.53. The van der Waals surface area contributed by atoms with Gasteiger partial charge in [-0.3, -0.25) is 0 Å². The van der Waals surface area contributed by atoms with Crippen LogP contribution in [0.5, 0.6) is 0 Å². The minimum absolute atomic E-state index is 0.0703. The van der Waals surface area contributed by atoms with Crippen molar-refractivity contribution >= 4 is 17.4 Å². The van der Waals surface area contributed by atoms with Crippen LogP contribution in [0.1, 0.15) is 45.6 Å². The second-order valence-corrected chi connectivity index (χ2v) is 8.28. The van der Waals surface area contributed by atoms with Gasteiger partial charge in [0, 0.05) is 35.8 Å². The summed E-state index contributed by atoms with van der Waals surface area (Å²) in [5.41, 5.74) is 4.97. The highest BCUT2D eigenvalue weighted by Gasteiger charge is 2.32. The molecule has 0 amide bonds. The average molecular weight is 411 g/mol. The van der Waals surface area contributed by atoms with E-state index in [0.717, 1.165) is 48.5 Å². The molecule has 1 fully saturated rings. The van der Waals surface area contributed by atoms with Crippen molar-refractivity contribution in [3.05, 3.63) is 52.9 Å². The van der Waals surface area contributed by atoms with Gasteiger partial charge >= 0.3 is 5.97 Å². The van der Waals surface area contributed by atoms with Crippen LogP contribution in [-0.2, 0) is 9.53 Å². The van der Waals surface area contributed by atoms with Crippen LogP contribution in [0, 0.1) is 18.3 Å². The van der Waals surface area contributed by atoms with Crippen LogP contribution in [0.3, 0.4) is 0 Å². The van der Waals surface area contributed by atoms with E-state index in [1.165, 1.54) is 6.42 Å². The summed E-state index contributed by atoms with van der Waals surface area (Å²) in [6.07, 6.45) is 4.96. The number of allylic oxidation sites excluding steroid dienone is 1. The lowest BCUT2D eigenvalue weighted by molar-refractivity contribution is -0.139. The van der Waals surface area contributed by atoms with Crippen molar-refractivity contribution < 1.29 is 9.53 Å². The molecular formula is C24H34N4O2. The molecule has 2 heterocycles. The lowest BCUT2D eigenvalue weighted by Gasteiger charge is -2.38. The molecule has 2 aliphatic rings. The molecule has 1 atom stereocenters. The van der Waals surface area contributed by atoms with Gasteiger partial charge in [0.15, 0.2) is 0 Å². The molecule has 2 aliphatic heterocycles. The molecule has 3 N–H and O–H groups in total. The number of hydrogen-bond donors (Lipinski definition) is 3. The lowest BCUT2D eigenvalue weighted by atomic mass is 9.91. The van der Waals surface area contributed by atoms with Crippen LogP contribution in [-0.4, -0.2) is 42.4 Å². The fourth-order valence-corrected chi connectivity index (χ4v) is 3.97. The van der Waals surface area contributed by atoms with Crippen molar-refractivity contribution in [2.45, 2.75) is 53.1 Å². The first kappa shape index (κ1) is 21.9. The Hall–Kier alpha value is -2.76. The number of nitrogens with one attached hydrogen (secondary N) is 3. The summed E-state index contributed by atoms with van der Waals surface area (Å²) >= 11 is 0. The largest absolute Gasteiger partial charge is 0.461 e. The maximum absolute atomic E-state index is 12.6. The Balaban J connectivity index is 2.07. The highest BCUT2D eigenvalue weighted by atomic mass is 16.5. The molecule has 6 heteroatoms. The number of likely N-dealkylation sites (tertiary alicyclic amines) is 1. The van der Waals surface area contributed by atoms with E-state index in [-0.39, 0.29) is 18.1 Å². The molecule has 0 saturated carbocycles. The van der Waals surface area contributed by atoms with Gasteiger partial charge in [0.05, 0.1) is 6.61 Å². The molecule has 162 valence electrons. The first-order valence-corrected chi connectivity index (χ1v) is 11.0. The lowest BCUT2D eigenvalue weighted by Crippen LogP contribution is -2.47. The average Bonchev–Trinajstić information content (AvgIpc) is 2.73. The Kier molecular flexibility index (Phi) is 7.19. The van der Waals surface area contributed by atoms with E-state index < -0.39 is 0 Å². The highest BCUT2D eigenvalue weighted by molar-refractivity contribution is 6.03. The minimum Gasteiger partial charge on any atom is -0.461 e. The van der Waals surface area contributed by atoms with Gasteiger partial charge in [0.25, 0.3) is 0 Å². The number of hydrogen-bond acceptors (Lipinski definition) is 6. The topological polar surface area (TPSA) is 77.5 Å². The van der Waals surface area contributed by atoms with Crippen LogP contribution < -0.4 is 10.6 Å². The van der Waals surface area contributed by atoms with Crippen LogP contribution in [0.15, 0.2) is 47.3 Å². The number of carbonyl (C=O) groups excluding carboxylic acids is 1. The molecule has 1 saturated heterocycles. The van der Waals surface area contributed by atoms with Crippen molar-refractivity contribution in [1.82, 2.24) is 10.2 Å². The first-order valence-electron chi connectivity index (χ1n) is 11.0. The summed E-state index contributed by atoms with van der Waals surface area (Å²) in [5.74, 6) is -0.292. The van der Waals surface area contributed by atoms with Crippen molar-refractivity contribution in [1.29, 1.82) is 5.41 Å². The van der Waals surface area contributed by atoms with Crippen LogP contribution in [0.4, 0.5) is 5.69 Å². The third kappa shape index (κ3) is 5.04. The molecule has 0 bridgehead atoms. The van der Waals surface area contributed by atoms with E-state index in [0.29, 0.717) is 18.0 Å². The summed E-state index contributed by atoms with van der Waals surface area (Å²) in [6.45, 7) is 10.1. The number of carbonyl (C=O) groups is 1. The zero-order valence-electron chi connectivity index (χ0n) is 18.5. The number of nitrogens with zero attached hydrogens (tertiary/aromatic N) is 1. The molecular weight excluding hydrogens is 376 g/mol. The van der Waals surface area contributed by atoms with Crippen LogP contribution in [0.25, 0.3) is 0 Å². The SMILES string of the molecule is CCOC(=O)C1=CC(N2CCCCC2)=C(C(=N)C(C)C)C(Nc2cccc(C)c2)N1. The van der Waals surface area contributed by atoms with Crippen molar-refractivity contribution in [3.63, 3.8) is 0 Å². The number of benzene rings is 1. The molecule has 1 aromatic rings. The Morgan fingerprint density at radius 2 is 2.03 bits per heavy atom. The molecule has 6 nitrogen and oxygen atoms in total. The van der Waals surface area contributed by atoms with Crippen molar-refractivity contribution in [3.8, 4) is 0 Å². The van der Waals surface area contributed by atoms with E-state index in [1.54, 1.807) is 0 Å². The zero-order valence-corrected chi connectivity index (χ0v) is 18.5. The van der Waals surface area contributed by atoms with Gasteiger partial charge in [-0.2, -0.15) is 0 Å². The highest BCUT2D eigenvalue weighted by Crippen LogP contribution is 2.29. The van der Waals surface area contributed by atoms with Gasteiger partial charge in [0.1, 0.15) is 11.9 Å². The smallest absolute Gasteiger partial charge is 0.354 e. The van der Waals surface area contributed by atoms with Crippen LogP contribution in [0.2, 0.25) is 0 Å². The van der Waals surface area contributed by atoms with E-state index in [1.807, 2.05) is 39.0 Å². The van der Waals surface area contributed by atoms with Gasteiger partial charge in [-0.25, -0.2) is 4.79 Å². The normalized spacial score (nSPS) is 19.3. The predicted octanol–water partition coefficient (Wildman–Crippen LogP) is 4.20. The molecule has 0 aliphatic carbocycles. The minimum atomic E-state index is -0.386. The second-order valence-electron chi connectivity index (χ2n) is 8.28. The van der Waals surface area contributed by atoms with Crippen molar-refractivity contribution in [2.75, 3.05) is 25.0 Å². The number of dihydropyridines is 1. The van der Waals surface area contributed by atoms with Gasteiger partial charge in [0.2, 0.25) is 0 Å². The van der Waals surface area contributed by atoms with Gasteiger partial charge in [-0.1, -0.05) is 26.0 Å². The molecule has 1 aromatic carbocycles. The number of esters is 1. The molecule has 3 rings (SSSR count). The first-order chi connectivity index (χ1) is 14.4. The summed E-state index contributed by atoms with van der Waals surface area (Å²) in [6, 6.07) is 8.14. The van der Waals surface area contributed by atoms with E-state index in [9.17, 15) is 4.79 Å². The van der Waals surface area contributed by atoms with Gasteiger partial charge in [-0.05, 0) is 62.8 Å². The maximum atomic E-state index is 12.6. The van der Waals surface area contributed by atoms with E-state index in [4.69, 9.17) is 10.1 Å². The number of aryl methyl sites for hydroxylation is 1. The number of rotatable bonds is 7. The monoisotopic (exact) mass is 410 g/mol. The van der Waals surface area contributed by atoms with E-state index >= 15 is 0 Å². The number of piperidine rings is 1. The quantitative estimate of drug-likeness (QED) is 0.464. The second kappa shape index (κ2) is 9.83. The molecule has 1 unspecified atom stereocenters. The number of ether oxygens (including phenoxy) is 1. The third-order valence-electron chi connectivity index (χ3n) is 5.53.